The molecule has 0 spiro atoms. The molecule has 0 radical (unpaired) electrons. The van der Waals surface area contributed by atoms with Crippen LogP contribution in [0.4, 0.5) is 0 Å². The number of halogens is 1. The standard InChI is InChI=1S/C12H16ClNO2/c1-14-11(3-2-4-12(15)16)9-5-7-10(13)8-6-9/h5-8,11,14H,2-4H2,1H3,(H,15,16). The number of carbonyl (C=O) groups is 1. The molecule has 0 aliphatic heterocycles. The Hall–Kier alpha value is -1.06. The van der Waals surface area contributed by atoms with E-state index in [4.69, 9.17) is 16.7 Å². The second-order valence-corrected chi connectivity index (χ2v) is 4.12. The molecule has 4 heteroatoms. The molecule has 1 atom stereocenters. The first-order valence-electron chi connectivity index (χ1n) is 5.28. The highest BCUT2D eigenvalue weighted by atomic mass is 35.5. The molecule has 88 valence electrons. The molecule has 0 saturated carbocycles. The molecular formula is C12H16ClNO2. The summed E-state index contributed by atoms with van der Waals surface area (Å²) in [4.78, 5) is 10.4. The molecule has 0 aromatic heterocycles. The maximum atomic E-state index is 10.4. The lowest BCUT2D eigenvalue weighted by Crippen LogP contribution is -2.16. The van der Waals surface area contributed by atoms with Gasteiger partial charge in [0.2, 0.25) is 0 Å². The van der Waals surface area contributed by atoms with E-state index in [1.807, 2.05) is 31.3 Å². The van der Waals surface area contributed by atoms with Crippen LogP contribution in [0, 0.1) is 0 Å². The zero-order valence-electron chi connectivity index (χ0n) is 9.24. The van der Waals surface area contributed by atoms with Gasteiger partial charge in [-0.3, -0.25) is 4.79 Å². The SMILES string of the molecule is CNC(CCCC(=O)O)c1ccc(Cl)cc1. The summed E-state index contributed by atoms with van der Waals surface area (Å²) in [6.07, 6.45) is 1.69. The average Bonchev–Trinajstić information content (AvgIpc) is 2.26. The lowest BCUT2D eigenvalue weighted by Gasteiger charge is -2.16. The van der Waals surface area contributed by atoms with Crippen LogP contribution in [0.2, 0.25) is 5.02 Å². The van der Waals surface area contributed by atoms with Crippen molar-refractivity contribution >= 4 is 17.6 Å². The van der Waals surface area contributed by atoms with Gasteiger partial charge in [0, 0.05) is 17.5 Å². The summed E-state index contributed by atoms with van der Waals surface area (Å²) < 4.78 is 0. The summed E-state index contributed by atoms with van der Waals surface area (Å²) in [6, 6.07) is 7.81. The minimum atomic E-state index is -0.744. The molecule has 0 heterocycles. The van der Waals surface area contributed by atoms with Gasteiger partial charge in [0.1, 0.15) is 0 Å². The highest BCUT2D eigenvalue weighted by Crippen LogP contribution is 2.20. The Bertz CT molecular complexity index is 337. The van der Waals surface area contributed by atoms with E-state index >= 15 is 0 Å². The van der Waals surface area contributed by atoms with E-state index in [-0.39, 0.29) is 12.5 Å². The fourth-order valence-corrected chi connectivity index (χ4v) is 1.76. The highest BCUT2D eigenvalue weighted by Gasteiger charge is 2.09. The van der Waals surface area contributed by atoms with E-state index in [2.05, 4.69) is 5.32 Å². The third-order valence-corrected chi connectivity index (χ3v) is 2.76. The molecule has 1 aromatic rings. The first kappa shape index (κ1) is 13.0. The lowest BCUT2D eigenvalue weighted by atomic mass is 10.0. The minimum absolute atomic E-state index is 0.191. The quantitative estimate of drug-likeness (QED) is 0.805. The molecular weight excluding hydrogens is 226 g/mol. The van der Waals surface area contributed by atoms with Crippen LogP contribution in [0.1, 0.15) is 30.9 Å². The predicted molar refractivity (Wildman–Crippen MR) is 64.7 cm³/mol. The molecule has 1 rings (SSSR count). The summed E-state index contributed by atoms with van der Waals surface area (Å²) in [5.41, 5.74) is 1.14. The van der Waals surface area contributed by atoms with Crippen LogP contribution in [-0.4, -0.2) is 18.1 Å². The summed E-state index contributed by atoms with van der Waals surface area (Å²) in [5, 5.41) is 12.5. The van der Waals surface area contributed by atoms with Crippen molar-refractivity contribution in [1.29, 1.82) is 0 Å². The van der Waals surface area contributed by atoms with Crippen LogP contribution in [0.5, 0.6) is 0 Å². The van der Waals surface area contributed by atoms with E-state index in [0.717, 1.165) is 12.0 Å². The molecule has 1 unspecified atom stereocenters. The monoisotopic (exact) mass is 241 g/mol. The maximum Gasteiger partial charge on any atom is 0.303 e. The topological polar surface area (TPSA) is 49.3 Å². The van der Waals surface area contributed by atoms with Crippen molar-refractivity contribution in [3.63, 3.8) is 0 Å². The summed E-state index contributed by atoms with van der Waals surface area (Å²) in [7, 11) is 1.88. The summed E-state index contributed by atoms with van der Waals surface area (Å²) in [5.74, 6) is -0.744. The van der Waals surface area contributed by atoms with Crippen LogP contribution >= 0.6 is 11.6 Å². The van der Waals surface area contributed by atoms with Gasteiger partial charge < -0.3 is 10.4 Å². The van der Waals surface area contributed by atoms with Gasteiger partial charge in [-0.25, -0.2) is 0 Å². The molecule has 0 bridgehead atoms. The van der Waals surface area contributed by atoms with Gasteiger partial charge in [-0.2, -0.15) is 0 Å². The Morgan fingerprint density at radius 2 is 2.06 bits per heavy atom. The van der Waals surface area contributed by atoms with Gasteiger partial charge in [0.05, 0.1) is 0 Å². The lowest BCUT2D eigenvalue weighted by molar-refractivity contribution is -0.137. The van der Waals surface area contributed by atoms with Gasteiger partial charge in [-0.15, -0.1) is 0 Å². The van der Waals surface area contributed by atoms with E-state index in [9.17, 15) is 4.79 Å². The largest absolute Gasteiger partial charge is 0.481 e. The molecule has 2 N–H and O–H groups in total. The van der Waals surface area contributed by atoms with Crippen molar-refractivity contribution in [1.82, 2.24) is 5.32 Å². The molecule has 0 saturated heterocycles. The number of benzene rings is 1. The molecule has 0 fully saturated rings. The van der Waals surface area contributed by atoms with Crippen molar-refractivity contribution in [3.8, 4) is 0 Å². The van der Waals surface area contributed by atoms with Crippen molar-refractivity contribution < 1.29 is 9.90 Å². The number of nitrogens with one attached hydrogen (secondary N) is 1. The normalized spacial score (nSPS) is 12.4. The molecule has 0 aliphatic carbocycles. The molecule has 1 aromatic carbocycles. The third kappa shape index (κ3) is 4.21. The highest BCUT2D eigenvalue weighted by molar-refractivity contribution is 6.30. The minimum Gasteiger partial charge on any atom is -0.481 e. The van der Waals surface area contributed by atoms with E-state index in [1.54, 1.807) is 0 Å². The van der Waals surface area contributed by atoms with Crippen molar-refractivity contribution in [2.45, 2.75) is 25.3 Å². The molecule has 0 aliphatic rings. The van der Waals surface area contributed by atoms with Crippen molar-refractivity contribution in [3.05, 3.63) is 34.9 Å². The Kier molecular flexibility index (Phi) is 5.29. The van der Waals surface area contributed by atoms with E-state index in [1.165, 1.54) is 0 Å². The molecule has 3 nitrogen and oxygen atoms in total. The van der Waals surface area contributed by atoms with Crippen molar-refractivity contribution in [2.75, 3.05) is 7.05 Å². The van der Waals surface area contributed by atoms with Gasteiger partial charge in [0.15, 0.2) is 0 Å². The van der Waals surface area contributed by atoms with Gasteiger partial charge in [-0.1, -0.05) is 23.7 Å². The zero-order chi connectivity index (χ0) is 12.0. The number of hydrogen-bond donors (Lipinski definition) is 2. The number of carboxylic acid groups (broad SMARTS) is 1. The maximum absolute atomic E-state index is 10.4. The van der Waals surface area contributed by atoms with Gasteiger partial charge >= 0.3 is 5.97 Å². The first-order valence-corrected chi connectivity index (χ1v) is 5.66. The molecule has 16 heavy (non-hydrogen) atoms. The second-order valence-electron chi connectivity index (χ2n) is 3.68. The Morgan fingerprint density at radius 3 is 2.56 bits per heavy atom. The van der Waals surface area contributed by atoms with Gasteiger partial charge in [0.25, 0.3) is 0 Å². The smallest absolute Gasteiger partial charge is 0.303 e. The van der Waals surface area contributed by atoms with Crippen molar-refractivity contribution in [2.24, 2.45) is 0 Å². The van der Waals surface area contributed by atoms with Crippen LogP contribution < -0.4 is 5.32 Å². The predicted octanol–water partition coefficient (Wildman–Crippen LogP) is 2.86. The fraction of sp³-hybridized carbons (Fsp3) is 0.417. The average molecular weight is 242 g/mol. The third-order valence-electron chi connectivity index (χ3n) is 2.50. The first-order chi connectivity index (χ1) is 7.63. The van der Waals surface area contributed by atoms with Crippen LogP contribution in [-0.2, 0) is 4.79 Å². The number of hydrogen-bond acceptors (Lipinski definition) is 2. The Balaban J connectivity index is 2.53. The van der Waals surface area contributed by atoms with E-state index in [0.29, 0.717) is 11.4 Å². The van der Waals surface area contributed by atoms with Crippen LogP contribution in [0.15, 0.2) is 24.3 Å². The number of carboxylic acids is 1. The fourth-order valence-electron chi connectivity index (χ4n) is 1.63. The summed E-state index contributed by atoms with van der Waals surface area (Å²) in [6.45, 7) is 0. The van der Waals surface area contributed by atoms with Crippen LogP contribution in [0.25, 0.3) is 0 Å². The number of rotatable bonds is 6. The Morgan fingerprint density at radius 1 is 1.44 bits per heavy atom. The zero-order valence-corrected chi connectivity index (χ0v) is 10.00. The Labute approximate surface area is 100 Å². The number of aliphatic carboxylic acids is 1. The second kappa shape index (κ2) is 6.51. The summed E-state index contributed by atoms with van der Waals surface area (Å²) >= 11 is 5.81. The van der Waals surface area contributed by atoms with E-state index < -0.39 is 5.97 Å². The molecule has 0 amide bonds. The van der Waals surface area contributed by atoms with Crippen LogP contribution in [0.3, 0.4) is 0 Å². The van der Waals surface area contributed by atoms with Gasteiger partial charge in [-0.05, 0) is 37.6 Å².